The van der Waals surface area contributed by atoms with Crippen LogP contribution in [0.5, 0.6) is 0 Å². The van der Waals surface area contributed by atoms with Crippen molar-refractivity contribution in [2.45, 2.75) is 20.3 Å². The van der Waals surface area contributed by atoms with Crippen molar-refractivity contribution in [1.29, 1.82) is 0 Å². The highest BCUT2D eigenvalue weighted by Crippen LogP contribution is 2.00. The molecule has 0 aliphatic carbocycles. The Kier molecular flexibility index (Phi) is 6.25. The molecule has 76 valence electrons. The highest BCUT2D eigenvalue weighted by Gasteiger charge is 1.97. The van der Waals surface area contributed by atoms with Gasteiger partial charge in [-0.15, -0.1) is 0 Å². The van der Waals surface area contributed by atoms with Gasteiger partial charge in [-0.2, -0.15) is 0 Å². The smallest absolute Gasteiger partial charge is 0.117 e. The first-order chi connectivity index (χ1) is 6.47. The summed E-state index contributed by atoms with van der Waals surface area (Å²) in [6.07, 6.45) is 4.69. The standard InChI is InChI=1S/C11H15NS2/c1-5-8(2)6-7-9(3)12-11(14)10(4)13/h6-7H,2-3,5H2,1,4H3,(H,12,14)/b7-6+. The van der Waals surface area contributed by atoms with Crippen LogP contribution in [0.4, 0.5) is 0 Å². The highest BCUT2D eigenvalue weighted by molar-refractivity contribution is 7.89. The zero-order valence-electron chi connectivity index (χ0n) is 8.59. The number of rotatable bonds is 5. The minimum Gasteiger partial charge on any atom is -0.346 e. The molecule has 0 atom stereocenters. The summed E-state index contributed by atoms with van der Waals surface area (Å²) in [4.78, 5) is 1.22. The summed E-state index contributed by atoms with van der Waals surface area (Å²) in [5.74, 6) is 0. The molecule has 0 aromatic carbocycles. The van der Waals surface area contributed by atoms with Gasteiger partial charge >= 0.3 is 0 Å². The summed E-state index contributed by atoms with van der Waals surface area (Å²) in [6, 6.07) is 0. The van der Waals surface area contributed by atoms with Gasteiger partial charge in [0.2, 0.25) is 0 Å². The Hall–Kier alpha value is -0.800. The van der Waals surface area contributed by atoms with E-state index in [0.29, 0.717) is 9.85 Å². The van der Waals surface area contributed by atoms with E-state index >= 15 is 0 Å². The molecule has 0 aromatic rings. The van der Waals surface area contributed by atoms with Crippen LogP contribution in [0.1, 0.15) is 20.3 Å². The maximum Gasteiger partial charge on any atom is 0.117 e. The molecule has 0 aliphatic rings. The van der Waals surface area contributed by atoms with Gasteiger partial charge in [-0.1, -0.05) is 56.2 Å². The van der Waals surface area contributed by atoms with Crippen molar-refractivity contribution >= 4 is 34.3 Å². The van der Waals surface area contributed by atoms with Gasteiger partial charge in [0.1, 0.15) is 4.99 Å². The largest absolute Gasteiger partial charge is 0.346 e. The van der Waals surface area contributed by atoms with E-state index in [1.807, 2.05) is 12.2 Å². The van der Waals surface area contributed by atoms with Crippen LogP contribution in [0, 0.1) is 0 Å². The van der Waals surface area contributed by atoms with Gasteiger partial charge in [0.05, 0.1) is 0 Å². The minimum absolute atomic E-state index is 0.553. The fourth-order valence-corrected chi connectivity index (χ4v) is 0.794. The number of nitrogens with one attached hydrogen (secondary N) is 1. The predicted molar refractivity (Wildman–Crippen MR) is 71.7 cm³/mol. The first kappa shape index (κ1) is 13.2. The molecule has 0 fully saturated rings. The third-order valence-electron chi connectivity index (χ3n) is 1.57. The molecule has 0 rings (SSSR count). The van der Waals surface area contributed by atoms with Crippen LogP contribution >= 0.6 is 24.4 Å². The first-order valence-corrected chi connectivity index (χ1v) is 5.15. The second-order valence-corrected chi connectivity index (χ2v) is 3.90. The van der Waals surface area contributed by atoms with Crippen molar-refractivity contribution < 1.29 is 0 Å². The van der Waals surface area contributed by atoms with Gasteiger partial charge in [0, 0.05) is 10.6 Å². The molecule has 0 aliphatic heterocycles. The quantitative estimate of drug-likeness (QED) is 0.569. The van der Waals surface area contributed by atoms with Crippen LogP contribution < -0.4 is 5.32 Å². The summed E-state index contributed by atoms with van der Waals surface area (Å²) in [6.45, 7) is 11.5. The van der Waals surface area contributed by atoms with Crippen molar-refractivity contribution in [2.24, 2.45) is 0 Å². The van der Waals surface area contributed by atoms with E-state index in [4.69, 9.17) is 24.4 Å². The van der Waals surface area contributed by atoms with Crippen molar-refractivity contribution in [1.82, 2.24) is 5.32 Å². The average molecular weight is 225 g/mol. The van der Waals surface area contributed by atoms with Gasteiger partial charge in [0.15, 0.2) is 0 Å². The summed E-state index contributed by atoms with van der Waals surface area (Å²) in [7, 11) is 0. The van der Waals surface area contributed by atoms with Crippen LogP contribution in [0.15, 0.2) is 36.6 Å². The lowest BCUT2D eigenvalue weighted by Gasteiger charge is -2.05. The SMILES string of the molecule is C=C(/C=C/C(=C)NC(=S)C(C)=S)CC. The lowest BCUT2D eigenvalue weighted by molar-refractivity contribution is 1.15. The molecule has 0 bridgehead atoms. The van der Waals surface area contributed by atoms with E-state index < -0.39 is 0 Å². The predicted octanol–water partition coefficient (Wildman–Crippen LogP) is 3.33. The zero-order chi connectivity index (χ0) is 11.1. The molecule has 1 nitrogen and oxygen atoms in total. The molecular formula is C11H15NS2. The van der Waals surface area contributed by atoms with E-state index in [0.717, 1.165) is 17.7 Å². The normalized spacial score (nSPS) is 9.86. The topological polar surface area (TPSA) is 12.0 Å². The summed E-state index contributed by atoms with van der Waals surface area (Å²) in [5.41, 5.74) is 1.78. The molecule has 0 saturated carbocycles. The van der Waals surface area contributed by atoms with E-state index in [2.05, 4.69) is 25.4 Å². The van der Waals surface area contributed by atoms with E-state index in [9.17, 15) is 0 Å². The van der Waals surface area contributed by atoms with E-state index in [1.165, 1.54) is 0 Å². The Morgan fingerprint density at radius 3 is 2.29 bits per heavy atom. The van der Waals surface area contributed by atoms with Crippen molar-refractivity contribution in [2.75, 3.05) is 0 Å². The minimum atomic E-state index is 0.553. The third-order valence-corrected chi connectivity index (χ3v) is 2.31. The molecular weight excluding hydrogens is 210 g/mol. The lowest BCUT2D eigenvalue weighted by atomic mass is 10.2. The molecule has 0 heterocycles. The monoisotopic (exact) mass is 225 g/mol. The van der Waals surface area contributed by atoms with Crippen molar-refractivity contribution in [3.05, 3.63) is 36.6 Å². The fraction of sp³-hybridized carbons (Fsp3) is 0.273. The molecule has 3 heteroatoms. The number of hydrogen-bond donors (Lipinski definition) is 1. The zero-order valence-corrected chi connectivity index (χ0v) is 10.2. The lowest BCUT2D eigenvalue weighted by Crippen LogP contribution is -2.24. The molecule has 14 heavy (non-hydrogen) atoms. The van der Waals surface area contributed by atoms with Gasteiger partial charge in [-0.25, -0.2) is 0 Å². The molecule has 1 N–H and O–H groups in total. The van der Waals surface area contributed by atoms with Crippen LogP contribution in [-0.2, 0) is 0 Å². The number of allylic oxidation sites excluding steroid dienone is 3. The molecule has 0 aromatic heterocycles. The Morgan fingerprint density at radius 1 is 1.29 bits per heavy atom. The Labute approximate surface area is 96.6 Å². The molecule has 0 unspecified atom stereocenters. The van der Waals surface area contributed by atoms with Gasteiger partial charge in [0.25, 0.3) is 0 Å². The maximum absolute atomic E-state index is 4.99. The second kappa shape index (κ2) is 6.62. The fourth-order valence-electron chi connectivity index (χ4n) is 0.612. The molecule has 0 radical (unpaired) electrons. The second-order valence-electron chi connectivity index (χ2n) is 2.88. The highest BCUT2D eigenvalue weighted by atomic mass is 32.1. The third kappa shape index (κ3) is 5.78. The van der Waals surface area contributed by atoms with Crippen LogP contribution in [-0.4, -0.2) is 9.85 Å². The van der Waals surface area contributed by atoms with Crippen LogP contribution in [0.25, 0.3) is 0 Å². The Balaban J connectivity index is 4.12. The van der Waals surface area contributed by atoms with Crippen molar-refractivity contribution in [3.8, 4) is 0 Å². The molecule has 0 amide bonds. The number of thiocarbonyl (C=S) groups is 2. The maximum atomic E-state index is 4.99. The molecule has 0 saturated heterocycles. The molecule has 0 spiro atoms. The summed E-state index contributed by atoms with van der Waals surface area (Å²) < 4.78 is 0. The summed E-state index contributed by atoms with van der Waals surface area (Å²) >= 11 is 9.90. The van der Waals surface area contributed by atoms with Crippen LogP contribution in [0.3, 0.4) is 0 Å². The van der Waals surface area contributed by atoms with Gasteiger partial charge in [-0.05, 0) is 19.4 Å². The summed E-state index contributed by atoms with van der Waals surface area (Å²) in [5, 5.41) is 2.93. The average Bonchev–Trinajstić information content (AvgIpc) is 2.13. The Morgan fingerprint density at radius 2 is 1.86 bits per heavy atom. The Bertz CT molecular complexity index is 300. The van der Waals surface area contributed by atoms with Gasteiger partial charge in [-0.3, -0.25) is 0 Å². The van der Waals surface area contributed by atoms with Crippen molar-refractivity contribution in [3.63, 3.8) is 0 Å². The van der Waals surface area contributed by atoms with E-state index in [1.54, 1.807) is 6.92 Å². The first-order valence-electron chi connectivity index (χ1n) is 4.34. The van der Waals surface area contributed by atoms with Gasteiger partial charge < -0.3 is 5.32 Å². The van der Waals surface area contributed by atoms with E-state index in [-0.39, 0.29) is 0 Å². The van der Waals surface area contributed by atoms with Crippen LogP contribution in [0.2, 0.25) is 0 Å². The number of hydrogen-bond acceptors (Lipinski definition) is 2.